The van der Waals surface area contributed by atoms with E-state index in [1.54, 1.807) is 6.92 Å². The monoisotopic (exact) mass is 192 g/mol. The first-order chi connectivity index (χ1) is 5.96. The molecule has 0 unspecified atom stereocenters. The standard InChI is InChI=1S/C8H11F3N2/c1-2-6(12)7-5(3-4-13-7)8(9,10)11/h3-4,6,13H,2,12H2,1H3/t6-/m1/s1. The van der Waals surface area contributed by atoms with Gasteiger partial charge in [-0.05, 0) is 12.5 Å². The van der Waals surface area contributed by atoms with Crippen molar-refractivity contribution in [3.8, 4) is 0 Å². The van der Waals surface area contributed by atoms with Crippen LogP contribution in [0, 0.1) is 0 Å². The number of aromatic amines is 1. The lowest BCUT2D eigenvalue weighted by Crippen LogP contribution is -2.15. The summed E-state index contributed by atoms with van der Waals surface area (Å²) in [6.45, 7) is 1.74. The van der Waals surface area contributed by atoms with E-state index in [1.807, 2.05) is 0 Å². The van der Waals surface area contributed by atoms with Gasteiger partial charge in [-0.1, -0.05) is 6.92 Å². The number of halogens is 3. The van der Waals surface area contributed by atoms with E-state index in [9.17, 15) is 13.2 Å². The van der Waals surface area contributed by atoms with Crippen molar-refractivity contribution in [1.82, 2.24) is 4.98 Å². The minimum absolute atomic E-state index is 0.0648. The summed E-state index contributed by atoms with van der Waals surface area (Å²) in [5, 5.41) is 0. The van der Waals surface area contributed by atoms with Crippen molar-refractivity contribution in [2.24, 2.45) is 5.73 Å². The van der Waals surface area contributed by atoms with Crippen LogP contribution in [0.2, 0.25) is 0 Å². The Morgan fingerprint density at radius 3 is 2.62 bits per heavy atom. The second kappa shape index (κ2) is 3.41. The van der Waals surface area contributed by atoms with E-state index < -0.39 is 17.8 Å². The number of rotatable bonds is 2. The van der Waals surface area contributed by atoms with E-state index in [-0.39, 0.29) is 5.69 Å². The zero-order valence-electron chi connectivity index (χ0n) is 7.15. The van der Waals surface area contributed by atoms with Gasteiger partial charge in [0.1, 0.15) is 0 Å². The molecule has 1 aromatic heterocycles. The highest BCUT2D eigenvalue weighted by atomic mass is 19.4. The van der Waals surface area contributed by atoms with E-state index in [0.717, 1.165) is 6.07 Å². The van der Waals surface area contributed by atoms with Crippen LogP contribution in [0.15, 0.2) is 12.3 Å². The molecule has 0 aliphatic carbocycles. The number of nitrogens with two attached hydrogens (primary N) is 1. The van der Waals surface area contributed by atoms with Gasteiger partial charge in [-0.3, -0.25) is 0 Å². The first kappa shape index (κ1) is 10.1. The fraction of sp³-hybridized carbons (Fsp3) is 0.500. The molecule has 0 bridgehead atoms. The molecule has 0 spiro atoms. The van der Waals surface area contributed by atoms with Crippen LogP contribution in [-0.2, 0) is 6.18 Å². The minimum Gasteiger partial charge on any atom is -0.363 e. The van der Waals surface area contributed by atoms with E-state index >= 15 is 0 Å². The maximum atomic E-state index is 12.3. The fourth-order valence-corrected chi connectivity index (χ4v) is 1.14. The molecule has 1 rings (SSSR count). The molecule has 5 heteroatoms. The third kappa shape index (κ3) is 2.03. The zero-order valence-corrected chi connectivity index (χ0v) is 7.15. The number of hydrogen-bond donors (Lipinski definition) is 2. The summed E-state index contributed by atoms with van der Waals surface area (Å²) in [7, 11) is 0. The summed E-state index contributed by atoms with van der Waals surface area (Å²) in [4.78, 5) is 2.52. The average molecular weight is 192 g/mol. The quantitative estimate of drug-likeness (QED) is 0.742. The van der Waals surface area contributed by atoms with Crippen molar-refractivity contribution in [3.63, 3.8) is 0 Å². The summed E-state index contributed by atoms with van der Waals surface area (Å²) in [5.41, 5.74) is 4.90. The van der Waals surface area contributed by atoms with Crippen molar-refractivity contribution < 1.29 is 13.2 Å². The number of hydrogen-bond acceptors (Lipinski definition) is 1. The Morgan fingerprint density at radius 1 is 1.54 bits per heavy atom. The third-order valence-corrected chi connectivity index (χ3v) is 1.90. The molecule has 1 aromatic rings. The third-order valence-electron chi connectivity index (χ3n) is 1.90. The van der Waals surface area contributed by atoms with Gasteiger partial charge in [0.05, 0.1) is 5.56 Å². The summed E-state index contributed by atoms with van der Waals surface area (Å²) in [5.74, 6) is 0. The second-order valence-corrected chi connectivity index (χ2v) is 2.82. The van der Waals surface area contributed by atoms with E-state index in [1.165, 1.54) is 6.20 Å². The average Bonchev–Trinajstić information content (AvgIpc) is 2.49. The van der Waals surface area contributed by atoms with E-state index in [4.69, 9.17) is 5.73 Å². The SMILES string of the molecule is CC[C@@H](N)c1[nH]ccc1C(F)(F)F. The lowest BCUT2D eigenvalue weighted by atomic mass is 10.1. The van der Waals surface area contributed by atoms with Crippen molar-refractivity contribution in [1.29, 1.82) is 0 Å². The van der Waals surface area contributed by atoms with Crippen LogP contribution < -0.4 is 5.73 Å². The Bertz CT molecular complexity index is 277. The molecule has 0 aliphatic heterocycles. The Morgan fingerprint density at radius 2 is 2.15 bits per heavy atom. The number of alkyl halides is 3. The van der Waals surface area contributed by atoms with Crippen molar-refractivity contribution in [3.05, 3.63) is 23.5 Å². The van der Waals surface area contributed by atoms with Crippen LogP contribution in [0.3, 0.4) is 0 Å². The molecular weight excluding hydrogens is 181 g/mol. The van der Waals surface area contributed by atoms with Gasteiger partial charge >= 0.3 is 6.18 Å². The maximum absolute atomic E-state index is 12.3. The molecule has 0 fully saturated rings. The van der Waals surface area contributed by atoms with Gasteiger partial charge in [-0.2, -0.15) is 13.2 Å². The first-order valence-corrected chi connectivity index (χ1v) is 3.96. The first-order valence-electron chi connectivity index (χ1n) is 3.96. The largest absolute Gasteiger partial charge is 0.418 e. The summed E-state index contributed by atoms with van der Waals surface area (Å²) >= 11 is 0. The van der Waals surface area contributed by atoms with Gasteiger partial charge < -0.3 is 10.7 Å². The molecule has 1 atom stereocenters. The van der Waals surface area contributed by atoms with Gasteiger partial charge in [-0.15, -0.1) is 0 Å². The Hall–Kier alpha value is -0.970. The number of aromatic nitrogens is 1. The summed E-state index contributed by atoms with van der Waals surface area (Å²) in [6, 6.07) is 0.428. The highest BCUT2D eigenvalue weighted by Gasteiger charge is 2.35. The van der Waals surface area contributed by atoms with Gasteiger partial charge in [0.25, 0.3) is 0 Å². The van der Waals surface area contributed by atoms with Crippen LogP contribution in [0.4, 0.5) is 13.2 Å². The predicted molar refractivity (Wildman–Crippen MR) is 43.0 cm³/mol. The van der Waals surface area contributed by atoms with Crippen molar-refractivity contribution in [2.75, 3.05) is 0 Å². The molecule has 74 valence electrons. The Kier molecular flexibility index (Phi) is 2.66. The van der Waals surface area contributed by atoms with Crippen LogP contribution in [0.1, 0.15) is 30.6 Å². The summed E-state index contributed by atoms with van der Waals surface area (Å²) < 4.78 is 36.9. The Balaban J connectivity index is 3.03. The van der Waals surface area contributed by atoms with Gasteiger partial charge in [0, 0.05) is 17.9 Å². The molecule has 3 N–H and O–H groups in total. The number of H-pyrrole nitrogens is 1. The molecule has 0 saturated heterocycles. The van der Waals surface area contributed by atoms with Gasteiger partial charge in [0.2, 0.25) is 0 Å². The van der Waals surface area contributed by atoms with Crippen LogP contribution in [0.5, 0.6) is 0 Å². The minimum atomic E-state index is -4.32. The van der Waals surface area contributed by atoms with Gasteiger partial charge in [-0.25, -0.2) is 0 Å². The molecule has 0 aromatic carbocycles. The van der Waals surface area contributed by atoms with Gasteiger partial charge in [0.15, 0.2) is 0 Å². The highest BCUT2D eigenvalue weighted by Crippen LogP contribution is 2.33. The molecule has 1 heterocycles. The second-order valence-electron chi connectivity index (χ2n) is 2.82. The fourth-order valence-electron chi connectivity index (χ4n) is 1.14. The van der Waals surface area contributed by atoms with E-state index in [0.29, 0.717) is 6.42 Å². The highest BCUT2D eigenvalue weighted by molar-refractivity contribution is 5.26. The molecule has 0 saturated carbocycles. The van der Waals surface area contributed by atoms with Crippen LogP contribution >= 0.6 is 0 Å². The molecule has 0 radical (unpaired) electrons. The topological polar surface area (TPSA) is 41.8 Å². The lowest BCUT2D eigenvalue weighted by molar-refractivity contribution is -0.138. The number of nitrogens with one attached hydrogen (secondary N) is 1. The van der Waals surface area contributed by atoms with E-state index in [2.05, 4.69) is 4.98 Å². The van der Waals surface area contributed by atoms with Crippen molar-refractivity contribution in [2.45, 2.75) is 25.6 Å². The smallest absolute Gasteiger partial charge is 0.363 e. The lowest BCUT2D eigenvalue weighted by Gasteiger charge is -2.12. The van der Waals surface area contributed by atoms with Crippen molar-refractivity contribution >= 4 is 0 Å². The normalized spacial score (nSPS) is 14.5. The maximum Gasteiger partial charge on any atom is 0.418 e. The molecule has 13 heavy (non-hydrogen) atoms. The predicted octanol–water partition coefficient (Wildman–Crippen LogP) is 2.44. The molecule has 0 aliphatic rings. The zero-order chi connectivity index (χ0) is 10.1. The molecule has 2 nitrogen and oxygen atoms in total. The Labute approximate surface area is 73.9 Å². The van der Waals surface area contributed by atoms with Crippen LogP contribution in [0.25, 0.3) is 0 Å². The van der Waals surface area contributed by atoms with Crippen LogP contribution in [-0.4, -0.2) is 4.98 Å². The molecular formula is C8H11F3N2. The summed E-state index contributed by atoms with van der Waals surface area (Å²) in [6.07, 6.45) is -2.58. The molecule has 0 amide bonds.